The van der Waals surface area contributed by atoms with Gasteiger partial charge in [-0.25, -0.2) is 0 Å². The monoisotopic (exact) mass is 649 g/mol. The number of thiophene rings is 1. The minimum atomic E-state index is -0.592. The maximum Gasteiger partial charge on any atom is 0.272 e. The second kappa shape index (κ2) is 15.6. The van der Waals surface area contributed by atoms with E-state index in [2.05, 4.69) is 16.0 Å². The van der Waals surface area contributed by atoms with Gasteiger partial charge in [-0.05, 0) is 71.6 Å². The van der Waals surface area contributed by atoms with Crippen LogP contribution in [0.2, 0.25) is 0 Å². The van der Waals surface area contributed by atoms with Gasteiger partial charge in [0.25, 0.3) is 11.8 Å². The van der Waals surface area contributed by atoms with Crippen LogP contribution < -0.4 is 25.4 Å². The molecule has 232 valence electrons. The van der Waals surface area contributed by atoms with Crippen LogP contribution in [0.1, 0.15) is 26.0 Å². The minimum absolute atomic E-state index is 0.114. The van der Waals surface area contributed by atoms with Crippen molar-refractivity contribution in [2.24, 2.45) is 0 Å². The Morgan fingerprint density at radius 1 is 0.783 bits per heavy atom. The number of rotatable bonds is 12. The zero-order valence-electron chi connectivity index (χ0n) is 25.1. The Morgan fingerprint density at radius 2 is 1.50 bits per heavy atom. The molecule has 8 nitrogen and oxygen atoms in total. The van der Waals surface area contributed by atoms with Gasteiger partial charge in [-0.2, -0.15) is 0 Å². The van der Waals surface area contributed by atoms with Crippen LogP contribution in [-0.2, 0) is 9.59 Å². The first kappa shape index (κ1) is 32.1. The molecule has 5 aromatic rings. The van der Waals surface area contributed by atoms with Gasteiger partial charge in [-0.1, -0.05) is 54.6 Å². The predicted octanol–water partition coefficient (Wildman–Crippen LogP) is 7.65. The van der Waals surface area contributed by atoms with Gasteiger partial charge in [-0.15, -0.1) is 23.1 Å². The molecule has 1 unspecified atom stereocenters. The van der Waals surface area contributed by atoms with Crippen LogP contribution in [0.3, 0.4) is 0 Å². The Hall–Kier alpha value is -5.32. The molecule has 0 fully saturated rings. The summed E-state index contributed by atoms with van der Waals surface area (Å²) in [6, 6.07) is 34.3. The van der Waals surface area contributed by atoms with Crippen molar-refractivity contribution in [1.82, 2.24) is 5.32 Å². The van der Waals surface area contributed by atoms with Crippen molar-refractivity contribution < 1.29 is 23.9 Å². The van der Waals surface area contributed by atoms with Crippen LogP contribution in [0.15, 0.2) is 131 Å². The number of methoxy groups -OCH3 is 2. The number of carbonyl (C=O) groups excluding carboxylic acids is 3. The average molecular weight is 650 g/mol. The highest BCUT2D eigenvalue weighted by Crippen LogP contribution is 2.38. The van der Waals surface area contributed by atoms with Gasteiger partial charge in [-0.3, -0.25) is 14.4 Å². The summed E-state index contributed by atoms with van der Waals surface area (Å²) in [7, 11) is 3.10. The number of benzene rings is 4. The summed E-state index contributed by atoms with van der Waals surface area (Å²) < 4.78 is 10.8. The van der Waals surface area contributed by atoms with Crippen molar-refractivity contribution in [3.63, 3.8) is 0 Å². The van der Waals surface area contributed by atoms with Gasteiger partial charge in [0.05, 0.1) is 19.9 Å². The summed E-state index contributed by atoms with van der Waals surface area (Å²) >= 11 is 2.83. The molecule has 0 aliphatic rings. The van der Waals surface area contributed by atoms with E-state index >= 15 is 0 Å². The van der Waals surface area contributed by atoms with Gasteiger partial charge >= 0.3 is 0 Å². The van der Waals surface area contributed by atoms with E-state index in [0.717, 1.165) is 15.3 Å². The number of carbonyl (C=O) groups is 3. The second-order valence-electron chi connectivity index (χ2n) is 9.84. The number of ether oxygens (including phenoxy) is 2. The molecule has 0 bridgehead atoms. The Bertz CT molecular complexity index is 1810. The van der Waals surface area contributed by atoms with Gasteiger partial charge < -0.3 is 25.4 Å². The maximum absolute atomic E-state index is 13.7. The van der Waals surface area contributed by atoms with Gasteiger partial charge in [0, 0.05) is 27.1 Å². The van der Waals surface area contributed by atoms with Crippen LogP contribution in [0.5, 0.6) is 11.5 Å². The Morgan fingerprint density at radius 3 is 2.15 bits per heavy atom. The highest BCUT2D eigenvalue weighted by molar-refractivity contribution is 8.00. The number of amides is 3. The summed E-state index contributed by atoms with van der Waals surface area (Å²) in [5, 5.41) is 9.91. The third kappa shape index (κ3) is 8.44. The van der Waals surface area contributed by atoms with Crippen LogP contribution in [0, 0.1) is 0 Å². The lowest BCUT2D eigenvalue weighted by Gasteiger charge is -2.19. The van der Waals surface area contributed by atoms with Crippen LogP contribution in [0.25, 0.3) is 6.08 Å². The smallest absolute Gasteiger partial charge is 0.272 e. The molecular formula is C36H31N3O5S2. The summed E-state index contributed by atoms with van der Waals surface area (Å²) in [4.78, 5) is 41.5. The molecular weight excluding hydrogens is 619 g/mol. The molecule has 1 atom stereocenters. The summed E-state index contributed by atoms with van der Waals surface area (Å²) in [6.45, 7) is 0. The average Bonchev–Trinajstić information content (AvgIpc) is 3.61. The van der Waals surface area contributed by atoms with E-state index < -0.39 is 11.2 Å². The molecule has 10 heteroatoms. The van der Waals surface area contributed by atoms with E-state index in [1.807, 2.05) is 66.0 Å². The normalized spacial score (nSPS) is 11.7. The van der Waals surface area contributed by atoms with Gasteiger partial charge in [0.15, 0.2) is 0 Å². The van der Waals surface area contributed by atoms with Crippen molar-refractivity contribution in [3.8, 4) is 11.5 Å². The van der Waals surface area contributed by atoms with E-state index in [9.17, 15) is 14.4 Å². The third-order valence-corrected chi connectivity index (χ3v) is 8.82. The number of thioether (sulfide) groups is 1. The zero-order chi connectivity index (χ0) is 32.3. The fraction of sp³-hybridized carbons (Fsp3) is 0.0833. The largest absolute Gasteiger partial charge is 0.497 e. The number of hydrogen-bond donors (Lipinski definition) is 3. The molecule has 5 rings (SSSR count). The highest BCUT2D eigenvalue weighted by Gasteiger charge is 2.24. The fourth-order valence-electron chi connectivity index (χ4n) is 4.42. The van der Waals surface area contributed by atoms with Gasteiger partial charge in [0.2, 0.25) is 5.91 Å². The van der Waals surface area contributed by atoms with Crippen molar-refractivity contribution in [2.75, 3.05) is 24.9 Å². The van der Waals surface area contributed by atoms with E-state index in [4.69, 9.17) is 9.47 Å². The number of anilines is 2. The van der Waals surface area contributed by atoms with Crippen LogP contribution in [-0.4, -0.2) is 31.9 Å². The molecule has 0 radical (unpaired) electrons. The SMILES string of the molecule is COc1ccc(OC)c(NC(=O)C(Sc2ccc(NC(=O)/C(=C/c3cccs3)NC(=O)c3ccccc3)cc2)c2ccccc2)c1. The summed E-state index contributed by atoms with van der Waals surface area (Å²) in [6.07, 6.45) is 1.64. The number of nitrogens with one attached hydrogen (secondary N) is 3. The van der Waals surface area contributed by atoms with E-state index in [0.29, 0.717) is 28.4 Å². The van der Waals surface area contributed by atoms with Crippen molar-refractivity contribution >= 4 is 58.3 Å². The summed E-state index contributed by atoms with van der Waals surface area (Å²) in [5.41, 5.74) is 2.40. The maximum atomic E-state index is 13.7. The summed E-state index contributed by atoms with van der Waals surface area (Å²) in [5.74, 6) is 0.00999. The Balaban J connectivity index is 1.32. The van der Waals surface area contributed by atoms with Crippen LogP contribution >= 0.6 is 23.1 Å². The first-order valence-electron chi connectivity index (χ1n) is 14.2. The lowest BCUT2D eigenvalue weighted by atomic mass is 10.1. The molecule has 0 aliphatic heterocycles. The first-order valence-corrected chi connectivity index (χ1v) is 16.0. The van der Waals surface area contributed by atoms with E-state index in [-0.39, 0.29) is 17.5 Å². The molecule has 0 saturated carbocycles. The first-order chi connectivity index (χ1) is 22.4. The molecule has 46 heavy (non-hydrogen) atoms. The second-order valence-corrected chi connectivity index (χ2v) is 12.0. The molecule has 3 N–H and O–H groups in total. The van der Waals surface area contributed by atoms with Crippen molar-refractivity contribution in [2.45, 2.75) is 10.1 Å². The highest BCUT2D eigenvalue weighted by atomic mass is 32.2. The molecule has 0 saturated heterocycles. The molecule has 1 heterocycles. The van der Waals surface area contributed by atoms with E-state index in [1.54, 1.807) is 74.9 Å². The van der Waals surface area contributed by atoms with Crippen molar-refractivity contribution in [1.29, 1.82) is 0 Å². The molecule has 0 spiro atoms. The topological polar surface area (TPSA) is 106 Å². The molecule has 0 aliphatic carbocycles. The minimum Gasteiger partial charge on any atom is -0.497 e. The molecule has 1 aromatic heterocycles. The standard InChI is InChI=1S/C36H31N3O5S2/c1-43-27-17-20-32(44-2)30(22-27)38-36(42)33(24-10-5-3-6-11-24)46-28-18-15-26(16-19-28)37-35(41)31(23-29-14-9-21-45-29)39-34(40)25-12-7-4-8-13-25/h3-23,33H,1-2H3,(H,37,41)(H,38,42)(H,39,40)/b31-23-. The third-order valence-electron chi connectivity index (χ3n) is 6.73. The Kier molecular flexibility index (Phi) is 10.9. The number of hydrogen-bond acceptors (Lipinski definition) is 7. The van der Waals surface area contributed by atoms with Gasteiger partial charge in [0.1, 0.15) is 22.4 Å². The predicted molar refractivity (Wildman–Crippen MR) is 184 cm³/mol. The zero-order valence-corrected chi connectivity index (χ0v) is 26.7. The quantitative estimate of drug-likeness (QED) is 0.0948. The lowest BCUT2D eigenvalue weighted by Crippen LogP contribution is -2.30. The van der Waals surface area contributed by atoms with Crippen LogP contribution in [0.4, 0.5) is 11.4 Å². The Labute approximate surface area is 275 Å². The molecule has 3 amide bonds. The lowest BCUT2D eigenvalue weighted by molar-refractivity contribution is -0.116. The fourth-order valence-corrected chi connectivity index (χ4v) is 6.10. The van der Waals surface area contributed by atoms with Crippen molar-refractivity contribution in [3.05, 3.63) is 142 Å². The van der Waals surface area contributed by atoms with E-state index in [1.165, 1.54) is 23.1 Å². The molecule has 4 aromatic carbocycles.